The second-order valence-corrected chi connectivity index (χ2v) is 8.53. The maximum Gasteiger partial charge on any atom is 0.229 e. The van der Waals surface area contributed by atoms with Gasteiger partial charge in [-0.05, 0) is 62.3 Å². The number of halogens is 5. The van der Waals surface area contributed by atoms with Crippen molar-refractivity contribution in [3.63, 3.8) is 0 Å². The molecule has 2 aromatic carbocycles. The van der Waals surface area contributed by atoms with Crippen LogP contribution >= 0.6 is 59.6 Å². The molecule has 1 aliphatic rings. The molecule has 0 bridgehead atoms. The molecular formula is C21H24Cl5N5. The van der Waals surface area contributed by atoms with Crippen molar-refractivity contribution in [2.24, 2.45) is 0 Å². The summed E-state index contributed by atoms with van der Waals surface area (Å²) in [6.45, 7) is 5.41. The summed E-state index contributed by atoms with van der Waals surface area (Å²) in [7, 11) is 0. The second kappa shape index (κ2) is 11.6. The number of rotatable bonds is 5. The van der Waals surface area contributed by atoms with Gasteiger partial charge >= 0.3 is 0 Å². The molecule has 1 aromatic heterocycles. The van der Waals surface area contributed by atoms with Crippen molar-refractivity contribution in [2.75, 3.05) is 30.3 Å². The summed E-state index contributed by atoms with van der Waals surface area (Å²) in [5.41, 5.74) is 1.50. The van der Waals surface area contributed by atoms with Crippen molar-refractivity contribution in [3.05, 3.63) is 51.5 Å². The van der Waals surface area contributed by atoms with Gasteiger partial charge in [0, 0.05) is 38.7 Å². The minimum absolute atomic E-state index is 0. The second-order valence-electron chi connectivity index (χ2n) is 7.22. The van der Waals surface area contributed by atoms with Gasteiger partial charge in [-0.15, -0.1) is 24.8 Å². The molecule has 1 fully saturated rings. The van der Waals surface area contributed by atoms with Crippen LogP contribution in [0.15, 0.2) is 36.4 Å². The molecule has 3 aromatic rings. The van der Waals surface area contributed by atoms with Crippen LogP contribution in [-0.2, 0) is 0 Å². The van der Waals surface area contributed by atoms with E-state index >= 15 is 0 Å². The Kier molecular flexibility index (Phi) is 9.74. The van der Waals surface area contributed by atoms with Gasteiger partial charge in [0.1, 0.15) is 5.82 Å². The van der Waals surface area contributed by atoms with Crippen molar-refractivity contribution < 1.29 is 0 Å². The van der Waals surface area contributed by atoms with E-state index in [4.69, 9.17) is 39.8 Å². The van der Waals surface area contributed by atoms with Gasteiger partial charge in [-0.2, -0.15) is 4.98 Å². The molecule has 31 heavy (non-hydrogen) atoms. The van der Waals surface area contributed by atoms with E-state index in [0.29, 0.717) is 27.1 Å². The fourth-order valence-corrected chi connectivity index (χ4v) is 4.37. The molecule has 0 radical (unpaired) electrons. The predicted octanol–water partition coefficient (Wildman–Crippen LogP) is 7.07. The number of hydrogen-bond acceptors (Lipinski definition) is 5. The number of anilines is 3. The molecule has 2 N–H and O–H groups in total. The molecule has 0 spiro atoms. The summed E-state index contributed by atoms with van der Waals surface area (Å²) in [6.07, 6.45) is 2.29. The van der Waals surface area contributed by atoms with E-state index in [2.05, 4.69) is 27.4 Å². The van der Waals surface area contributed by atoms with E-state index in [0.717, 1.165) is 48.5 Å². The highest BCUT2D eigenvalue weighted by Gasteiger charge is 2.20. The quantitative estimate of drug-likeness (QED) is 0.374. The molecule has 1 atom stereocenters. The monoisotopic (exact) mass is 521 g/mol. The van der Waals surface area contributed by atoms with E-state index in [1.165, 1.54) is 6.42 Å². The lowest BCUT2D eigenvalue weighted by molar-refractivity contribution is 0.226. The zero-order valence-electron chi connectivity index (χ0n) is 16.9. The lowest BCUT2D eigenvalue weighted by Gasteiger charge is -2.32. The summed E-state index contributed by atoms with van der Waals surface area (Å²) in [5, 5.41) is 9.50. The summed E-state index contributed by atoms with van der Waals surface area (Å²) in [4.78, 5) is 11.8. The zero-order valence-corrected chi connectivity index (χ0v) is 20.8. The summed E-state index contributed by atoms with van der Waals surface area (Å²) in [5.74, 6) is 1.26. The van der Waals surface area contributed by atoms with Crippen LogP contribution in [0.3, 0.4) is 0 Å². The Morgan fingerprint density at radius 3 is 2.45 bits per heavy atom. The fraction of sp³-hybridized carbons (Fsp3) is 0.333. The van der Waals surface area contributed by atoms with Crippen molar-refractivity contribution in [3.8, 4) is 0 Å². The Morgan fingerprint density at radius 2 is 1.74 bits per heavy atom. The zero-order chi connectivity index (χ0) is 20.4. The Hall–Kier alpha value is -1.21. The van der Waals surface area contributed by atoms with Crippen LogP contribution in [0, 0.1) is 0 Å². The molecule has 1 aliphatic heterocycles. The van der Waals surface area contributed by atoms with Crippen LogP contribution in [0.5, 0.6) is 0 Å². The van der Waals surface area contributed by atoms with Crippen molar-refractivity contribution in [2.45, 2.75) is 25.8 Å². The lowest BCUT2D eigenvalue weighted by atomic mass is 10.1. The molecule has 5 nitrogen and oxygen atoms in total. The first kappa shape index (κ1) is 26.0. The van der Waals surface area contributed by atoms with E-state index in [1.54, 1.807) is 18.2 Å². The molecule has 0 saturated carbocycles. The van der Waals surface area contributed by atoms with Gasteiger partial charge in [0.2, 0.25) is 5.95 Å². The van der Waals surface area contributed by atoms with E-state index < -0.39 is 0 Å². The standard InChI is InChI=1S/C21H22Cl3N5.2ClH/c1-2-29-7-3-4-16(12-29)25-20-18-6-5-13(22)11-19(18)27-21(28-20)26-17-9-14(23)8-15(24)10-17;;/h5-6,8-11,16H,2-4,7,12H2,1H3,(H2,25,26,27,28);2*1H. The lowest BCUT2D eigenvalue weighted by Crippen LogP contribution is -2.42. The average molecular weight is 524 g/mol. The first-order chi connectivity index (χ1) is 14.0. The molecule has 1 saturated heterocycles. The van der Waals surface area contributed by atoms with Gasteiger partial charge in [0.05, 0.1) is 5.52 Å². The SMILES string of the molecule is CCN1CCCC(Nc2nc(Nc3cc(Cl)cc(Cl)c3)nc3cc(Cl)ccc23)C1.Cl.Cl. The largest absolute Gasteiger partial charge is 0.365 e. The van der Waals surface area contributed by atoms with E-state index in [9.17, 15) is 0 Å². The summed E-state index contributed by atoms with van der Waals surface area (Å²) >= 11 is 18.5. The summed E-state index contributed by atoms with van der Waals surface area (Å²) in [6, 6.07) is 11.3. The Labute approximate surface area is 209 Å². The third-order valence-electron chi connectivity index (χ3n) is 5.07. The molecule has 0 aliphatic carbocycles. The average Bonchev–Trinajstić information content (AvgIpc) is 2.67. The van der Waals surface area contributed by atoms with Crippen LogP contribution in [0.2, 0.25) is 15.1 Å². The van der Waals surface area contributed by atoms with E-state index in [-0.39, 0.29) is 24.8 Å². The van der Waals surface area contributed by atoms with Crippen molar-refractivity contribution >= 4 is 88.0 Å². The first-order valence-electron chi connectivity index (χ1n) is 9.69. The third kappa shape index (κ3) is 6.64. The molecule has 0 amide bonds. The predicted molar refractivity (Wildman–Crippen MR) is 138 cm³/mol. The van der Waals surface area contributed by atoms with E-state index in [1.807, 2.05) is 18.2 Å². The Balaban J connectivity index is 0.00000171. The number of nitrogens with zero attached hydrogens (tertiary/aromatic N) is 3. The van der Waals surface area contributed by atoms with Gasteiger partial charge in [0.15, 0.2) is 0 Å². The molecule has 4 rings (SSSR count). The van der Waals surface area contributed by atoms with Crippen molar-refractivity contribution in [1.82, 2.24) is 14.9 Å². The van der Waals surface area contributed by atoms with Gasteiger partial charge in [-0.1, -0.05) is 41.7 Å². The number of aromatic nitrogens is 2. The number of hydrogen-bond donors (Lipinski definition) is 2. The van der Waals surface area contributed by atoms with Gasteiger partial charge in [0.25, 0.3) is 0 Å². The van der Waals surface area contributed by atoms with Gasteiger partial charge in [-0.3, -0.25) is 0 Å². The number of likely N-dealkylation sites (N-methyl/N-ethyl adjacent to an activating group) is 1. The minimum Gasteiger partial charge on any atom is -0.365 e. The third-order valence-corrected chi connectivity index (χ3v) is 5.74. The maximum atomic E-state index is 6.21. The topological polar surface area (TPSA) is 53.1 Å². The molecular weight excluding hydrogens is 500 g/mol. The molecule has 2 heterocycles. The normalized spacial score (nSPS) is 16.3. The van der Waals surface area contributed by atoms with Crippen LogP contribution in [-0.4, -0.2) is 40.5 Å². The fourth-order valence-electron chi connectivity index (χ4n) is 3.68. The maximum absolute atomic E-state index is 6.21. The highest BCUT2D eigenvalue weighted by Crippen LogP contribution is 2.29. The minimum atomic E-state index is 0. The van der Waals surface area contributed by atoms with Crippen LogP contribution in [0.1, 0.15) is 19.8 Å². The van der Waals surface area contributed by atoms with Gasteiger partial charge < -0.3 is 15.5 Å². The Morgan fingerprint density at radius 1 is 1.00 bits per heavy atom. The molecule has 10 heteroatoms. The number of benzene rings is 2. The Bertz CT molecular complexity index is 1010. The number of piperidine rings is 1. The highest BCUT2D eigenvalue weighted by atomic mass is 35.5. The van der Waals surface area contributed by atoms with Crippen LogP contribution in [0.4, 0.5) is 17.5 Å². The molecule has 168 valence electrons. The molecule has 1 unspecified atom stereocenters. The highest BCUT2D eigenvalue weighted by molar-refractivity contribution is 6.35. The van der Waals surface area contributed by atoms with Gasteiger partial charge in [-0.25, -0.2) is 4.98 Å². The smallest absolute Gasteiger partial charge is 0.229 e. The van der Waals surface area contributed by atoms with Crippen LogP contribution < -0.4 is 10.6 Å². The number of likely N-dealkylation sites (tertiary alicyclic amines) is 1. The first-order valence-corrected chi connectivity index (χ1v) is 10.8. The van der Waals surface area contributed by atoms with Crippen LogP contribution in [0.25, 0.3) is 10.9 Å². The number of fused-ring (bicyclic) bond motifs is 1. The summed E-state index contributed by atoms with van der Waals surface area (Å²) < 4.78 is 0. The van der Waals surface area contributed by atoms with Crippen molar-refractivity contribution in [1.29, 1.82) is 0 Å². The number of nitrogens with one attached hydrogen (secondary N) is 2.